The summed E-state index contributed by atoms with van der Waals surface area (Å²) in [5.41, 5.74) is 0.843. The molecule has 0 saturated heterocycles. The molecule has 0 aromatic heterocycles. The van der Waals surface area contributed by atoms with Crippen LogP contribution < -0.4 is 4.74 Å². The van der Waals surface area contributed by atoms with Gasteiger partial charge in [0.1, 0.15) is 5.75 Å². The third-order valence-corrected chi connectivity index (χ3v) is 1.92. The average molecular weight is 204 g/mol. The smallest absolute Gasteiger partial charge is 0.336 e. The van der Waals surface area contributed by atoms with Gasteiger partial charge in [0.15, 0.2) is 0 Å². The molecule has 3 nitrogen and oxygen atoms in total. The molecule has 0 atom stereocenters. The summed E-state index contributed by atoms with van der Waals surface area (Å²) in [6, 6.07) is 6.83. The van der Waals surface area contributed by atoms with Crippen LogP contribution in [-0.4, -0.2) is 18.2 Å². The van der Waals surface area contributed by atoms with Gasteiger partial charge < -0.3 is 9.84 Å². The molecular formula is C12H12O3. The van der Waals surface area contributed by atoms with Crippen molar-refractivity contribution in [1.82, 2.24) is 0 Å². The third-order valence-electron chi connectivity index (χ3n) is 1.92. The van der Waals surface area contributed by atoms with Crippen molar-refractivity contribution in [3.63, 3.8) is 0 Å². The molecule has 0 amide bonds. The fourth-order valence-electron chi connectivity index (χ4n) is 1.18. The molecule has 0 bridgehead atoms. The summed E-state index contributed by atoms with van der Waals surface area (Å²) in [6.07, 6.45) is 2.91. The van der Waals surface area contributed by atoms with Crippen LogP contribution in [0.3, 0.4) is 0 Å². The van der Waals surface area contributed by atoms with Gasteiger partial charge in [0.2, 0.25) is 0 Å². The predicted octanol–water partition coefficient (Wildman–Crippen LogP) is 2.35. The highest BCUT2D eigenvalue weighted by Gasteiger charge is 2.08. The molecular weight excluding hydrogens is 192 g/mol. The zero-order valence-electron chi connectivity index (χ0n) is 8.43. The molecule has 0 heterocycles. The van der Waals surface area contributed by atoms with Crippen LogP contribution >= 0.6 is 0 Å². The molecule has 0 saturated carbocycles. The second-order valence-corrected chi connectivity index (χ2v) is 2.85. The van der Waals surface area contributed by atoms with Crippen molar-refractivity contribution >= 4 is 11.5 Å². The van der Waals surface area contributed by atoms with E-state index in [1.54, 1.807) is 31.4 Å². The fourth-order valence-corrected chi connectivity index (χ4v) is 1.18. The normalized spacial score (nSPS) is 10.9. The summed E-state index contributed by atoms with van der Waals surface area (Å²) in [5.74, 6) is -0.276. The molecule has 0 aliphatic heterocycles. The van der Waals surface area contributed by atoms with E-state index in [1.165, 1.54) is 12.2 Å². The Morgan fingerprint density at radius 2 is 2.00 bits per heavy atom. The van der Waals surface area contributed by atoms with E-state index in [1.807, 2.05) is 0 Å². The van der Waals surface area contributed by atoms with Gasteiger partial charge in [-0.1, -0.05) is 24.8 Å². The van der Waals surface area contributed by atoms with Crippen molar-refractivity contribution in [3.8, 4) is 5.75 Å². The maximum Gasteiger partial charge on any atom is 0.336 e. The summed E-state index contributed by atoms with van der Waals surface area (Å²) >= 11 is 0. The number of carboxylic acids is 1. The number of ether oxygens (including phenoxy) is 1. The van der Waals surface area contributed by atoms with Crippen LogP contribution in [0.15, 0.2) is 43.0 Å². The molecule has 1 aromatic carbocycles. The van der Waals surface area contributed by atoms with Crippen molar-refractivity contribution in [2.45, 2.75) is 0 Å². The van der Waals surface area contributed by atoms with Gasteiger partial charge in [0.05, 0.1) is 12.7 Å². The second-order valence-electron chi connectivity index (χ2n) is 2.85. The number of aliphatic carboxylic acids is 1. The van der Waals surface area contributed by atoms with Crippen molar-refractivity contribution in [2.24, 2.45) is 0 Å². The molecule has 0 aliphatic rings. The summed E-state index contributed by atoms with van der Waals surface area (Å²) in [5, 5.41) is 8.94. The highest BCUT2D eigenvalue weighted by Crippen LogP contribution is 2.18. The largest absolute Gasteiger partial charge is 0.497 e. The lowest BCUT2D eigenvalue weighted by atomic mass is 10.1. The Balaban J connectivity index is 3.07. The molecule has 0 radical (unpaired) electrons. The zero-order chi connectivity index (χ0) is 11.3. The van der Waals surface area contributed by atoms with Gasteiger partial charge in [-0.25, -0.2) is 4.79 Å². The Hall–Kier alpha value is -2.03. The van der Waals surface area contributed by atoms with Gasteiger partial charge in [-0.15, -0.1) is 0 Å². The van der Waals surface area contributed by atoms with Crippen LogP contribution in [0, 0.1) is 0 Å². The first-order valence-electron chi connectivity index (χ1n) is 4.39. The average Bonchev–Trinajstić information content (AvgIpc) is 2.26. The summed E-state index contributed by atoms with van der Waals surface area (Å²) in [7, 11) is 1.56. The molecule has 0 spiro atoms. The third kappa shape index (κ3) is 2.71. The second kappa shape index (κ2) is 5.00. The maximum atomic E-state index is 10.9. The van der Waals surface area contributed by atoms with Gasteiger partial charge in [0, 0.05) is 0 Å². The number of methoxy groups -OCH3 is 1. The van der Waals surface area contributed by atoms with Crippen LogP contribution in [0.5, 0.6) is 5.75 Å². The van der Waals surface area contributed by atoms with Crippen molar-refractivity contribution in [2.75, 3.05) is 7.11 Å². The minimum Gasteiger partial charge on any atom is -0.497 e. The number of benzene rings is 1. The Labute approximate surface area is 88.3 Å². The number of allylic oxidation sites excluding steroid dienone is 2. The lowest BCUT2D eigenvalue weighted by Gasteiger charge is -2.03. The number of hydrogen-bond donors (Lipinski definition) is 1. The quantitative estimate of drug-likeness (QED) is 0.605. The van der Waals surface area contributed by atoms with E-state index in [9.17, 15) is 4.79 Å². The van der Waals surface area contributed by atoms with Crippen molar-refractivity contribution in [1.29, 1.82) is 0 Å². The zero-order valence-corrected chi connectivity index (χ0v) is 8.43. The van der Waals surface area contributed by atoms with Gasteiger partial charge >= 0.3 is 5.97 Å². The van der Waals surface area contributed by atoms with Crippen LogP contribution in [-0.2, 0) is 4.79 Å². The first-order chi connectivity index (χ1) is 7.19. The first-order valence-corrected chi connectivity index (χ1v) is 4.39. The van der Waals surface area contributed by atoms with E-state index in [-0.39, 0.29) is 5.57 Å². The monoisotopic (exact) mass is 204 g/mol. The van der Waals surface area contributed by atoms with Crippen LogP contribution in [0.25, 0.3) is 5.57 Å². The molecule has 78 valence electrons. The van der Waals surface area contributed by atoms with Gasteiger partial charge in [-0.2, -0.15) is 0 Å². The highest BCUT2D eigenvalue weighted by atomic mass is 16.5. The topological polar surface area (TPSA) is 46.5 Å². The molecule has 0 unspecified atom stereocenters. The number of carbonyl (C=O) groups is 1. The van der Waals surface area contributed by atoms with Gasteiger partial charge in [0.25, 0.3) is 0 Å². The Morgan fingerprint density at radius 3 is 2.40 bits per heavy atom. The molecule has 1 rings (SSSR count). The van der Waals surface area contributed by atoms with Crippen LogP contribution in [0.1, 0.15) is 5.56 Å². The van der Waals surface area contributed by atoms with E-state index in [0.717, 1.165) is 0 Å². The standard InChI is InChI=1S/C12H12O3/c1-3-4-11(12(13)14)9-5-7-10(15-2)8-6-9/h3-8H,1H2,2H3,(H,13,14). The summed E-state index contributed by atoms with van der Waals surface area (Å²) in [6.45, 7) is 3.48. The summed E-state index contributed by atoms with van der Waals surface area (Å²) < 4.78 is 4.98. The lowest BCUT2D eigenvalue weighted by molar-refractivity contribution is -0.130. The van der Waals surface area contributed by atoms with E-state index in [4.69, 9.17) is 9.84 Å². The minimum atomic E-state index is -0.972. The maximum absolute atomic E-state index is 10.9. The van der Waals surface area contributed by atoms with Crippen molar-refractivity contribution < 1.29 is 14.6 Å². The Morgan fingerprint density at radius 1 is 1.40 bits per heavy atom. The fraction of sp³-hybridized carbons (Fsp3) is 0.0833. The van der Waals surface area contributed by atoms with E-state index < -0.39 is 5.97 Å². The first kappa shape index (κ1) is 11.0. The number of rotatable bonds is 4. The molecule has 1 N–H and O–H groups in total. The predicted molar refractivity (Wildman–Crippen MR) is 58.8 cm³/mol. The van der Waals surface area contributed by atoms with E-state index in [0.29, 0.717) is 11.3 Å². The van der Waals surface area contributed by atoms with Crippen molar-refractivity contribution in [3.05, 3.63) is 48.6 Å². The summed E-state index contributed by atoms with van der Waals surface area (Å²) in [4.78, 5) is 10.9. The van der Waals surface area contributed by atoms with E-state index in [2.05, 4.69) is 6.58 Å². The molecule has 15 heavy (non-hydrogen) atoms. The highest BCUT2D eigenvalue weighted by molar-refractivity contribution is 6.15. The van der Waals surface area contributed by atoms with Gasteiger partial charge in [-0.05, 0) is 23.8 Å². The van der Waals surface area contributed by atoms with Crippen LogP contribution in [0.2, 0.25) is 0 Å². The lowest BCUT2D eigenvalue weighted by Crippen LogP contribution is -1.99. The minimum absolute atomic E-state index is 0.215. The number of carboxylic acid groups (broad SMARTS) is 1. The van der Waals surface area contributed by atoms with E-state index >= 15 is 0 Å². The SMILES string of the molecule is C=CC=C(C(=O)O)c1ccc(OC)cc1. The molecule has 1 aromatic rings. The Kier molecular flexibility index (Phi) is 3.68. The molecule has 0 fully saturated rings. The van der Waals surface area contributed by atoms with Crippen LogP contribution in [0.4, 0.5) is 0 Å². The molecule has 3 heteroatoms. The van der Waals surface area contributed by atoms with Gasteiger partial charge in [-0.3, -0.25) is 0 Å². The molecule has 0 aliphatic carbocycles. The Bertz CT molecular complexity index is 388. The number of hydrogen-bond acceptors (Lipinski definition) is 2.